The lowest BCUT2D eigenvalue weighted by Gasteiger charge is -2.22. The zero-order valence-electron chi connectivity index (χ0n) is 10.7. The summed E-state index contributed by atoms with van der Waals surface area (Å²) in [5, 5.41) is 0.441. The molecule has 1 aromatic heterocycles. The van der Waals surface area contributed by atoms with E-state index < -0.39 is 0 Å². The highest BCUT2D eigenvalue weighted by Gasteiger charge is 2.12. The maximum absolute atomic E-state index is 5.94. The zero-order chi connectivity index (χ0) is 13.3. The second kappa shape index (κ2) is 4.86. The van der Waals surface area contributed by atoms with E-state index in [0.717, 1.165) is 5.69 Å². The van der Waals surface area contributed by atoms with Gasteiger partial charge in [0, 0.05) is 12.7 Å². The third-order valence-electron chi connectivity index (χ3n) is 2.90. The van der Waals surface area contributed by atoms with Crippen molar-refractivity contribution in [1.29, 1.82) is 0 Å². The first-order chi connectivity index (χ1) is 8.49. The maximum atomic E-state index is 5.94. The van der Waals surface area contributed by atoms with Gasteiger partial charge in [-0.1, -0.05) is 29.3 Å². The number of rotatable bonds is 2. The van der Waals surface area contributed by atoms with Crippen molar-refractivity contribution in [3.05, 3.63) is 46.6 Å². The van der Waals surface area contributed by atoms with E-state index in [1.54, 1.807) is 12.1 Å². The minimum Gasteiger partial charge on any atom is -0.396 e. The number of aryl methyl sites for hydroxylation is 2. The molecule has 0 aliphatic carbocycles. The summed E-state index contributed by atoms with van der Waals surface area (Å²) in [7, 11) is 1.94. The predicted octanol–water partition coefficient (Wildman–Crippen LogP) is 3.70. The molecule has 18 heavy (non-hydrogen) atoms. The molecule has 0 unspecified atom stereocenters. The van der Waals surface area contributed by atoms with Crippen LogP contribution in [0.5, 0.6) is 0 Å². The van der Waals surface area contributed by atoms with E-state index in [9.17, 15) is 0 Å². The first-order valence-corrected chi connectivity index (χ1v) is 6.10. The summed E-state index contributed by atoms with van der Waals surface area (Å²) in [4.78, 5) is 6.23. The molecule has 0 saturated carbocycles. The summed E-state index contributed by atoms with van der Waals surface area (Å²) in [6, 6.07) is 9.72. The van der Waals surface area contributed by atoms with E-state index in [4.69, 9.17) is 17.3 Å². The van der Waals surface area contributed by atoms with Crippen LogP contribution in [0, 0.1) is 13.8 Å². The first-order valence-electron chi connectivity index (χ1n) is 5.72. The molecule has 0 bridgehead atoms. The molecule has 94 valence electrons. The molecule has 0 saturated heterocycles. The van der Waals surface area contributed by atoms with Crippen molar-refractivity contribution in [3.63, 3.8) is 0 Å². The van der Waals surface area contributed by atoms with Crippen LogP contribution in [0.25, 0.3) is 0 Å². The average molecular weight is 262 g/mol. The van der Waals surface area contributed by atoms with Gasteiger partial charge in [0.25, 0.3) is 0 Å². The van der Waals surface area contributed by atoms with Crippen LogP contribution in [0.3, 0.4) is 0 Å². The van der Waals surface area contributed by atoms with Crippen molar-refractivity contribution in [2.24, 2.45) is 0 Å². The van der Waals surface area contributed by atoms with E-state index >= 15 is 0 Å². The summed E-state index contributed by atoms with van der Waals surface area (Å²) in [5.41, 5.74) is 10.0. The van der Waals surface area contributed by atoms with Crippen molar-refractivity contribution in [1.82, 2.24) is 4.98 Å². The molecule has 0 spiro atoms. The highest BCUT2D eigenvalue weighted by atomic mass is 35.5. The molecule has 0 atom stereocenters. The fourth-order valence-electron chi connectivity index (χ4n) is 2.00. The number of nitrogen functional groups attached to an aromatic ring is 1. The van der Waals surface area contributed by atoms with Crippen LogP contribution in [0.2, 0.25) is 5.15 Å². The summed E-state index contributed by atoms with van der Waals surface area (Å²) in [6.07, 6.45) is 0. The third kappa shape index (κ3) is 2.41. The first kappa shape index (κ1) is 12.7. The highest BCUT2D eigenvalue weighted by Crippen LogP contribution is 2.30. The molecule has 0 aliphatic rings. The molecule has 3 nitrogen and oxygen atoms in total. The fraction of sp³-hybridized carbons (Fsp3) is 0.214. The normalized spacial score (nSPS) is 10.4. The van der Waals surface area contributed by atoms with Gasteiger partial charge in [-0.15, -0.1) is 0 Å². The van der Waals surface area contributed by atoms with Crippen molar-refractivity contribution in [3.8, 4) is 0 Å². The number of pyridine rings is 1. The number of halogens is 1. The van der Waals surface area contributed by atoms with E-state index in [0.29, 0.717) is 16.7 Å². The lowest BCUT2D eigenvalue weighted by Crippen LogP contribution is -2.14. The Labute approximate surface area is 112 Å². The Morgan fingerprint density at radius 1 is 1.17 bits per heavy atom. The molecule has 2 aromatic rings. The number of hydrogen-bond donors (Lipinski definition) is 1. The monoisotopic (exact) mass is 261 g/mol. The van der Waals surface area contributed by atoms with Crippen LogP contribution < -0.4 is 10.6 Å². The molecule has 0 amide bonds. The van der Waals surface area contributed by atoms with Gasteiger partial charge in [0.05, 0.1) is 5.69 Å². The standard InChI is InChI=1S/C14H16ClN3/c1-9-4-6-12(10(2)8-9)18(3)14-11(16)5-7-13(15)17-14/h4-8H,16H2,1-3H3. The van der Waals surface area contributed by atoms with Crippen molar-refractivity contribution in [2.75, 3.05) is 17.7 Å². The second-order valence-electron chi connectivity index (χ2n) is 4.40. The topological polar surface area (TPSA) is 42.2 Å². The number of nitrogens with two attached hydrogens (primary N) is 1. The van der Waals surface area contributed by atoms with Gasteiger partial charge in [0.15, 0.2) is 5.82 Å². The Morgan fingerprint density at radius 2 is 1.89 bits per heavy atom. The Bertz CT molecular complexity index is 581. The van der Waals surface area contributed by atoms with Gasteiger partial charge < -0.3 is 10.6 Å². The Kier molecular flexibility index (Phi) is 3.43. The quantitative estimate of drug-likeness (QED) is 0.838. The largest absolute Gasteiger partial charge is 0.396 e. The number of aromatic nitrogens is 1. The second-order valence-corrected chi connectivity index (χ2v) is 4.78. The van der Waals surface area contributed by atoms with Crippen LogP contribution >= 0.6 is 11.6 Å². The molecular formula is C14H16ClN3. The van der Waals surface area contributed by atoms with Crippen LogP contribution in [0.15, 0.2) is 30.3 Å². The van der Waals surface area contributed by atoms with Gasteiger partial charge >= 0.3 is 0 Å². The summed E-state index contributed by atoms with van der Waals surface area (Å²) in [5.74, 6) is 0.675. The molecular weight excluding hydrogens is 246 g/mol. The Balaban J connectivity index is 2.47. The van der Waals surface area contributed by atoms with Crippen molar-refractivity contribution < 1.29 is 0 Å². The molecule has 4 heteroatoms. The SMILES string of the molecule is Cc1ccc(N(C)c2nc(Cl)ccc2N)c(C)c1. The van der Waals surface area contributed by atoms with Crippen LogP contribution in [-0.4, -0.2) is 12.0 Å². The van der Waals surface area contributed by atoms with Crippen molar-refractivity contribution in [2.45, 2.75) is 13.8 Å². The van der Waals surface area contributed by atoms with Crippen LogP contribution in [0.4, 0.5) is 17.2 Å². The van der Waals surface area contributed by atoms with Gasteiger partial charge in [-0.25, -0.2) is 4.98 Å². The number of anilines is 3. The number of benzene rings is 1. The number of hydrogen-bond acceptors (Lipinski definition) is 3. The fourth-order valence-corrected chi connectivity index (χ4v) is 2.14. The lowest BCUT2D eigenvalue weighted by molar-refractivity contribution is 1.11. The molecule has 2 N–H and O–H groups in total. The average Bonchev–Trinajstić information content (AvgIpc) is 2.31. The van der Waals surface area contributed by atoms with E-state index in [2.05, 4.69) is 37.0 Å². The van der Waals surface area contributed by atoms with E-state index in [-0.39, 0.29) is 0 Å². The van der Waals surface area contributed by atoms with E-state index in [1.165, 1.54) is 11.1 Å². The van der Waals surface area contributed by atoms with E-state index in [1.807, 2.05) is 11.9 Å². The van der Waals surface area contributed by atoms with Gasteiger partial charge in [-0.3, -0.25) is 0 Å². The maximum Gasteiger partial charge on any atom is 0.157 e. The third-order valence-corrected chi connectivity index (χ3v) is 3.11. The Morgan fingerprint density at radius 3 is 2.56 bits per heavy atom. The minimum absolute atomic E-state index is 0.441. The summed E-state index contributed by atoms with van der Waals surface area (Å²) in [6.45, 7) is 4.14. The van der Waals surface area contributed by atoms with Gasteiger partial charge in [-0.05, 0) is 37.6 Å². The zero-order valence-corrected chi connectivity index (χ0v) is 11.5. The molecule has 0 fully saturated rings. The predicted molar refractivity (Wildman–Crippen MR) is 77.6 cm³/mol. The summed E-state index contributed by atoms with van der Waals surface area (Å²) >= 11 is 5.92. The lowest BCUT2D eigenvalue weighted by atomic mass is 10.1. The van der Waals surface area contributed by atoms with Crippen LogP contribution in [-0.2, 0) is 0 Å². The molecule has 2 rings (SSSR count). The van der Waals surface area contributed by atoms with Gasteiger partial charge in [0.1, 0.15) is 5.15 Å². The minimum atomic E-state index is 0.441. The number of nitrogens with zero attached hydrogens (tertiary/aromatic N) is 2. The summed E-state index contributed by atoms with van der Waals surface area (Å²) < 4.78 is 0. The molecule has 0 aliphatic heterocycles. The van der Waals surface area contributed by atoms with Gasteiger partial charge in [-0.2, -0.15) is 0 Å². The molecule has 0 radical (unpaired) electrons. The van der Waals surface area contributed by atoms with Crippen molar-refractivity contribution >= 4 is 28.8 Å². The molecule has 1 aromatic carbocycles. The smallest absolute Gasteiger partial charge is 0.157 e. The van der Waals surface area contributed by atoms with Crippen LogP contribution in [0.1, 0.15) is 11.1 Å². The Hall–Kier alpha value is -1.74. The molecule has 1 heterocycles. The highest BCUT2D eigenvalue weighted by molar-refractivity contribution is 6.29. The van der Waals surface area contributed by atoms with Gasteiger partial charge in [0.2, 0.25) is 0 Å².